The van der Waals surface area contributed by atoms with Crippen LogP contribution in [0.15, 0.2) is 30.5 Å². The Morgan fingerprint density at radius 3 is 2.58 bits per heavy atom. The molecule has 4 atom stereocenters. The maximum Gasteiger partial charge on any atom is 0.133 e. The lowest BCUT2D eigenvalue weighted by Gasteiger charge is -2.17. The van der Waals surface area contributed by atoms with E-state index in [0.29, 0.717) is 23.5 Å². The van der Waals surface area contributed by atoms with Crippen molar-refractivity contribution in [3.8, 4) is 0 Å². The van der Waals surface area contributed by atoms with Crippen LogP contribution in [0.4, 0.5) is 4.39 Å². The largest absolute Gasteiger partial charge is 0.300 e. The minimum atomic E-state index is -0.186. The molecular formula is C23H28FNO. The van der Waals surface area contributed by atoms with E-state index in [2.05, 4.69) is 24.9 Å². The van der Waals surface area contributed by atoms with Crippen molar-refractivity contribution < 1.29 is 9.18 Å². The fraction of sp³-hybridized carbons (Fsp3) is 0.565. The van der Waals surface area contributed by atoms with Crippen molar-refractivity contribution in [2.45, 2.75) is 58.3 Å². The Kier molecular flexibility index (Phi) is 4.81. The van der Waals surface area contributed by atoms with Crippen molar-refractivity contribution in [3.63, 3.8) is 0 Å². The predicted molar refractivity (Wildman–Crippen MR) is 102 cm³/mol. The Bertz CT molecular complexity index is 801. The third-order valence-corrected chi connectivity index (χ3v) is 6.44. The molecule has 2 aliphatic carbocycles. The third kappa shape index (κ3) is 3.54. The van der Waals surface area contributed by atoms with Crippen LogP contribution >= 0.6 is 0 Å². The predicted octanol–water partition coefficient (Wildman–Crippen LogP) is 5.90. The molecule has 4 rings (SSSR count). The van der Waals surface area contributed by atoms with Gasteiger partial charge in [0, 0.05) is 24.4 Å². The molecule has 0 amide bonds. The lowest BCUT2D eigenvalue weighted by Crippen LogP contribution is -2.09. The highest BCUT2D eigenvalue weighted by Gasteiger charge is 2.42. The zero-order valence-electron chi connectivity index (χ0n) is 15.7. The number of carbonyl (C=O) groups is 1. The highest BCUT2D eigenvalue weighted by molar-refractivity contribution is 5.82. The molecule has 138 valence electrons. The van der Waals surface area contributed by atoms with Crippen molar-refractivity contribution in [3.05, 3.63) is 41.8 Å². The summed E-state index contributed by atoms with van der Waals surface area (Å²) in [4.78, 5) is 16.5. The number of fused-ring (bicyclic) bond motifs is 2. The second kappa shape index (κ2) is 7.09. The number of hydrogen-bond acceptors (Lipinski definition) is 2. The van der Waals surface area contributed by atoms with E-state index in [4.69, 9.17) is 0 Å². The van der Waals surface area contributed by atoms with Crippen molar-refractivity contribution in [1.82, 2.24) is 4.98 Å². The standard InChI is InChI=1S/C23H28FNO/c1-14(2)7-20(26)10-15-8-16-11-18(12-17(16)9-15)21-5-6-25-23-4-3-19(24)13-22(21)23/h3-6,13-18H,7-12H2,1-2H3/t15?,16-,17+,18?. The van der Waals surface area contributed by atoms with E-state index in [1.54, 1.807) is 12.1 Å². The highest BCUT2D eigenvalue weighted by atomic mass is 19.1. The Hall–Kier alpha value is -1.77. The van der Waals surface area contributed by atoms with Gasteiger partial charge in [-0.3, -0.25) is 9.78 Å². The van der Waals surface area contributed by atoms with Crippen LogP contribution in [-0.2, 0) is 4.79 Å². The normalized spacial score (nSPS) is 28.0. The number of carbonyl (C=O) groups excluding carboxylic acids is 1. The molecule has 2 nitrogen and oxygen atoms in total. The topological polar surface area (TPSA) is 30.0 Å². The van der Waals surface area contributed by atoms with Crippen molar-refractivity contribution in [1.29, 1.82) is 0 Å². The summed E-state index contributed by atoms with van der Waals surface area (Å²) in [7, 11) is 0. The number of rotatable bonds is 5. The molecule has 2 fully saturated rings. The summed E-state index contributed by atoms with van der Waals surface area (Å²) in [5.41, 5.74) is 2.15. The number of nitrogens with zero attached hydrogens (tertiary/aromatic N) is 1. The highest BCUT2D eigenvalue weighted by Crippen LogP contribution is 2.53. The zero-order chi connectivity index (χ0) is 18.3. The Morgan fingerprint density at radius 1 is 1.15 bits per heavy atom. The molecule has 3 heteroatoms. The average molecular weight is 353 g/mol. The Balaban J connectivity index is 1.44. The molecule has 0 aliphatic heterocycles. The summed E-state index contributed by atoms with van der Waals surface area (Å²) in [5.74, 6) is 3.27. The Morgan fingerprint density at radius 2 is 1.88 bits per heavy atom. The lowest BCUT2D eigenvalue weighted by molar-refractivity contribution is -0.120. The summed E-state index contributed by atoms with van der Waals surface area (Å²) >= 11 is 0. The van der Waals surface area contributed by atoms with Crippen molar-refractivity contribution in [2.24, 2.45) is 23.7 Å². The van der Waals surface area contributed by atoms with Crippen molar-refractivity contribution in [2.75, 3.05) is 0 Å². The summed E-state index contributed by atoms with van der Waals surface area (Å²) < 4.78 is 13.7. The molecule has 2 saturated carbocycles. The molecule has 0 saturated heterocycles. The zero-order valence-corrected chi connectivity index (χ0v) is 15.7. The van der Waals surface area contributed by atoms with E-state index in [0.717, 1.165) is 35.6 Å². The minimum Gasteiger partial charge on any atom is -0.300 e. The number of ketones is 1. The number of aromatic nitrogens is 1. The minimum absolute atomic E-state index is 0.186. The molecule has 1 heterocycles. The van der Waals surface area contributed by atoms with Crippen LogP contribution in [0.1, 0.15) is 63.9 Å². The molecule has 2 unspecified atom stereocenters. The van der Waals surface area contributed by atoms with E-state index in [1.807, 2.05) is 6.20 Å². The van der Waals surface area contributed by atoms with Gasteiger partial charge < -0.3 is 0 Å². The van der Waals surface area contributed by atoms with Gasteiger partial charge in [0.25, 0.3) is 0 Å². The first kappa shape index (κ1) is 17.6. The van der Waals surface area contributed by atoms with Gasteiger partial charge in [-0.05, 0) is 85.1 Å². The monoisotopic (exact) mass is 353 g/mol. The molecule has 1 aromatic heterocycles. The molecular weight excluding hydrogens is 325 g/mol. The van der Waals surface area contributed by atoms with Gasteiger partial charge in [-0.1, -0.05) is 13.8 Å². The molecule has 0 bridgehead atoms. The van der Waals surface area contributed by atoms with Gasteiger partial charge in [-0.25, -0.2) is 4.39 Å². The molecule has 26 heavy (non-hydrogen) atoms. The molecule has 2 aromatic rings. The Labute approximate surface area is 155 Å². The molecule has 1 aromatic carbocycles. The number of halogens is 1. The molecule has 0 spiro atoms. The van der Waals surface area contributed by atoms with Crippen LogP contribution in [0.5, 0.6) is 0 Å². The summed E-state index contributed by atoms with van der Waals surface area (Å²) in [6.45, 7) is 4.24. The summed E-state index contributed by atoms with van der Waals surface area (Å²) in [6.07, 6.45) is 8.11. The maximum absolute atomic E-state index is 13.7. The van der Waals surface area contributed by atoms with Gasteiger partial charge in [-0.2, -0.15) is 0 Å². The summed E-state index contributed by atoms with van der Waals surface area (Å²) in [6, 6.07) is 6.98. The van der Waals surface area contributed by atoms with Gasteiger partial charge in [0.05, 0.1) is 5.52 Å². The van der Waals surface area contributed by atoms with E-state index < -0.39 is 0 Å². The third-order valence-electron chi connectivity index (χ3n) is 6.44. The van der Waals surface area contributed by atoms with Crippen molar-refractivity contribution >= 4 is 16.7 Å². The number of hydrogen-bond donors (Lipinski definition) is 0. The van der Waals surface area contributed by atoms with Gasteiger partial charge in [-0.15, -0.1) is 0 Å². The van der Waals surface area contributed by atoms with Gasteiger partial charge in [0.2, 0.25) is 0 Å². The van der Waals surface area contributed by atoms with Crippen LogP contribution in [-0.4, -0.2) is 10.8 Å². The maximum atomic E-state index is 13.7. The van der Waals surface area contributed by atoms with Gasteiger partial charge in [0.15, 0.2) is 0 Å². The SMILES string of the molecule is CC(C)CC(=O)CC1C[C@@H]2CC(c3ccnc4ccc(F)cc34)C[C@@H]2C1. The second-order valence-corrected chi connectivity index (χ2v) is 8.93. The number of benzene rings is 1. The van der Waals surface area contributed by atoms with E-state index in [-0.39, 0.29) is 5.82 Å². The second-order valence-electron chi connectivity index (χ2n) is 8.93. The van der Waals surface area contributed by atoms with Crippen LogP contribution in [0.3, 0.4) is 0 Å². The van der Waals surface area contributed by atoms with Crippen LogP contribution < -0.4 is 0 Å². The lowest BCUT2D eigenvalue weighted by atomic mass is 9.88. The van der Waals surface area contributed by atoms with Crippen LogP contribution in [0.2, 0.25) is 0 Å². The first-order valence-corrected chi connectivity index (χ1v) is 10.1. The van der Waals surface area contributed by atoms with Gasteiger partial charge in [0.1, 0.15) is 11.6 Å². The first-order chi connectivity index (χ1) is 12.5. The fourth-order valence-electron chi connectivity index (χ4n) is 5.52. The molecule has 2 aliphatic rings. The average Bonchev–Trinajstić information content (AvgIpc) is 3.11. The fourth-order valence-corrected chi connectivity index (χ4v) is 5.52. The van der Waals surface area contributed by atoms with E-state index in [9.17, 15) is 9.18 Å². The van der Waals surface area contributed by atoms with E-state index >= 15 is 0 Å². The smallest absolute Gasteiger partial charge is 0.133 e. The molecule has 0 N–H and O–H groups in total. The number of Topliss-reactive ketones (excluding diaryl/α,β-unsaturated/α-hetero) is 1. The number of pyridine rings is 1. The summed E-state index contributed by atoms with van der Waals surface area (Å²) in [5, 5.41) is 0.973. The first-order valence-electron chi connectivity index (χ1n) is 10.1. The van der Waals surface area contributed by atoms with E-state index in [1.165, 1.54) is 37.3 Å². The van der Waals surface area contributed by atoms with Crippen LogP contribution in [0.25, 0.3) is 10.9 Å². The molecule has 0 radical (unpaired) electrons. The van der Waals surface area contributed by atoms with Crippen LogP contribution in [0, 0.1) is 29.5 Å². The quantitative estimate of drug-likeness (QED) is 0.670. The van der Waals surface area contributed by atoms with Gasteiger partial charge >= 0.3 is 0 Å².